The molecule has 1 N–H and O–H groups in total. The number of fused-ring (bicyclic) bond motifs is 2. The fourth-order valence-corrected chi connectivity index (χ4v) is 5.83. The number of alkyl halides is 3. The highest BCUT2D eigenvalue weighted by Gasteiger charge is 2.23. The summed E-state index contributed by atoms with van der Waals surface area (Å²) in [4.78, 5) is 16.3. The predicted molar refractivity (Wildman–Crippen MR) is 138 cm³/mol. The van der Waals surface area contributed by atoms with Crippen molar-refractivity contribution in [1.82, 2.24) is 9.55 Å². The first-order valence-electron chi connectivity index (χ1n) is 11.6. The molecule has 9 heteroatoms. The standard InChI is InChI=1S/C28H23F3N2O3S/c1-16-25(28-32-26-22(13-31)18(11-29)9-19(12-30)27(26)37-28)21-10-20(36-15-17-5-3-2-4-6-17)7-8-23(21)33(16)14-24(34)35/h2-10H,11-15H2,1H3,(H,34,35). The van der Waals surface area contributed by atoms with E-state index in [-0.39, 0.29) is 28.8 Å². The number of carboxylic acids is 1. The number of carbonyl (C=O) groups is 1. The molecule has 0 radical (unpaired) electrons. The molecule has 0 bridgehead atoms. The molecule has 5 nitrogen and oxygen atoms in total. The molecule has 0 aliphatic heterocycles. The Morgan fingerprint density at radius 2 is 1.78 bits per heavy atom. The van der Waals surface area contributed by atoms with Gasteiger partial charge in [-0.1, -0.05) is 30.3 Å². The molecule has 5 aromatic rings. The number of ether oxygens (including phenoxy) is 1. The number of aromatic nitrogens is 2. The molecule has 0 unspecified atom stereocenters. The molecule has 2 aromatic heterocycles. The maximum absolute atomic E-state index is 13.9. The van der Waals surface area contributed by atoms with Gasteiger partial charge in [-0.05, 0) is 42.3 Å². The topological polar surface area (TPSA) is 64.4 Å². The Hall–Kier alpha value is -3.85. The van der Waals surface area contributed by atoms with E-state index >= 15 is 0 Å². The second kappa shape index (κ2) is 10.3. The minimum atomic E-state index is -1.01. The van der Waals surface area contributed by atoms with Crippen LogP contribution in [-0.4, -0.2) is 20.6 Å². The lowest BCUT2D eigenvalue weighted by atomic mass is 10.0. The van der Waals surface area contributed by atoms with Crippen LogP contribution >= 0.6 is 11.3 Å². The molecule has 0 aliphatic carbocycles. The van der Waals surface area contributed by atoms with E-state index in [2.05, 4.69) is 4.98 Å². The molecule has 190 valence electrons. The van der Waals surface area contributed by atoms with Gasteiger partial charge in [0.05, 0.1) is 10.2 Å². The number of hydrogen-bond donors (Lipinski definition) is 1. The molecule has 0 atom stereocenters. The molecule has 0 saturated heterocycles. The molecular weight excluding hydrogens is 501 g/mol. The number of rotatable bonds is 9. The third kappa shape index (κ3) is 4.55. The van der Waals surface area contributed by atoms with Crippen molar-refractivity contribution in [2.75, 3.05) is 0 Å². The summed E-state index contributed by atoms with van der Waals surface area (Å²) in [7, 11) is 0. The van der Waals surface area contributed by atoms with Gasteiger partial charge in [-0.15, -0.1) is 11.3 Å². The van der Waals surface area contributed by atoms with Gasteiger partial charge in [-0.2, -0.15) is 0 Å². The number of nitrogens with zero attached hydrogens (tertiary/aromatic N) is 2. The van der Waals surface area contributed by atoms with E-state index in [4.69, 9.17) is 4.74 Å². The minimum Gasteiger partial charge on any atom is -0.489 e. The molecule has 0 amide bonds. The molecule has 5 rings (SSSR count). The number of thiazole rings is 1. The van der Waals surface area contributed by atoms with E-state index in [1.54, 1.807) is 23.6 Å². The van der Waals surface area contributed by atoms with Crippen molar-refractivity contribution < 1.29 is 27.8 Å². The summed E-state index contributed by atoms with van der Waals surface area (Å²) in [5, 5.41) is 10.7. The van der Waals surface area contributed by atoms with E-state index in [0.29, 0.717) is 44.2 Å². The summed E-state index contributed by atoms with van der Waals surface area (Å²) in [5.41, 5.74) is 3.64. The number of benzene rings is 3. The van der Waals surface area contributed by atoms with Crippen LogP contribution in [0.15, 0.2) is 54.6 Å². The SMILES string of the molecule is Cc1c(-c2nc3c(CF)c(CF)cc(CF)c3s2)c2cc(OCc3ccccc3)ccc2n1CC(=O)O. The van der Waals surface area contributed by atoms with Gasteiger partial charge in [-0.3, -0.25) is 4.79 Å². The van der Waals surface area contributed by atoms with E-state index in [0.717, 1.165) is 5.56 Å². The molecule has 0 saturated carbocycles. The summed E-state index contributed by atoms with van der Waals surface area (Å²) in [5.74, 6) is -0.424. The van der Waals surface area contributed by atoms with Gasteiger partial charge in [0.1, 0.15) is 43.9 Å². The first kappa shape index (κ1) is 24.8. The lowest BCUT2D eigenvalue weighted by Crippen LogP contribution is -2.09. The van der Waals surface area contributed by atoms with E-state index in [9.17, 15) is 23.1 Å². The molecule has 3 aromatic carbocycles. The Morgan fingerprint density at radius 3 is 2.46 bits per heavy atom. The maximum Gasteiger partial charge on any atom is 0.323 e. The molecular formula is C28H23F3N2O3S. The van der Waals surface area contributed by atoms with E-state index in [1.807, 2.05) is 36.4 Å². The number of hydrogen-bond acceptors (Lipinski definition) is 4. The Labute approximate surface area is 214 Å². The van der Waals surface area contributed by atoms with Crippen molar-refractivity contribution in [1.29, 1.82) is 0 Å². The highest BCUT2D eigenvalue weighted by molar-refractivity contribution is 7.22. The Kier molecular flexibility index (Phi) is 6.88. The number of halogens is 3. The van der Waals surface area contributed by atoms with Crippen LogP contribution in [-0.2, 0) is 38.0 Å². The predicted octanol–water partition coefficient (Wildman–Crippen LogP) is 7.30. The molecule has 0 aliphatic rings. The van der Waals surface area contributed by atoms with Gasteiger partial charge in [0.25, 0.3) is 0 Å². The lowest BCUT2D eigenvalue weighted by Gasteiger charge is -2.08. The Bertz CT molecular complexity index is 1610. The van der Waals surface area contributed by atoms with Crippen molar-refractivity contribution >= 4 is 38.4 Å². The van der Waals surface area contributed by atoms with Crippen LogP contribution in [0.5, 0.6) is 5.75 Å². The zero-order valence-electron chi connectivity index (χ0n) is 19.9. The Balaban J connectivity index is 1.69. The lowest BCUT2D eigenvalue weighted by molar-refractivity contribution is -0.137. The smallest absolute Gasteiger partial charge is 0.323 e. The largest absolute Gasteiger partial charge is 0.489 e. The maximum atomic E-state index is 13.9. The first-order chi connectivity index (χ1) is 17.9. The van der Waals surface area contributed by atoms with Gasteiger partial charge < -0.3 is 14.4 Å². The van der Waals surface area contributed by atoms with E-state index < -0.39 is 26.0 Å². The van der Waals surface area contributed by atoms with Crippen molar-refractivity contribution in [3.8, 4) is 16.3 Å². The number of carboxylic acid groups (broad SMARTS) is 1. The first-order valence-corrected chi connectivity index (χ1v) is 12.4. The third-order valence-electron chi connectivity index (χ3n) is 6.41. The quantitative estimate of drug-likeness (QED) is 0.220. The monoisotopic (exact) mass is 524 g/mol. The summed E-state index contributed by atoms with van der Waals surface area (Å²) < 4.78 is 49.5. The van der Waals surface area contributed by atoms with Gasteiger partial charge >= 0.3 is 5.97 Å². The van der Waals surface area contributed by atoms with Crippen LogP contribution in [0.25, 0.3) is 31.7 Å². The van der Waals surface area contributed by atoms with Crippen LogP contribution in [0.3, 0.4) is 0 Å². The van der Waals surface area contributed by atoms with E-state index in [1.165, 1.54) is 17.4 Å². The van der Waals surface area contributed by atoms with Crippen molar-refractivity contribution in [2.45, 2.75) is 40.1 Å². The van der Waals surface area contributed by atoms with Crippen LogP contribution in [0.1, 0.15) is 27.9 Å². The fourth-order valence-electron chi connectivity index (χ4n) is 4.63. The van der Waals surface area contributed by atoms with Crippen molar-refractivity contribution in [3.63, 3.8) is 0 Å². The van der Waals surface area contributed by atoms with Crippen LogP contribution < -0.4 is 4.74 Å². The Morgan fingerprint density at radius 1 is 1.03 bits per heavy atom. The molecule has 37 heavy (non-hydrogen) atoms. The van der Waals surface area contributed by atoms with Gasteiger partial charge in [-0.25, -0.2) is 18.2 Å². The average molecular weight is 525 g/mol. The van der Waals surface area contributed by atoms with Gasteiger partial charge in [0.15, 0.2) is 0 Å². The van der Waals surface area contributed by atoms with Gasteiger partial charge in [0.2, 0.25) is 0 Å². The highest BCUT2D eigenvalue weighted by atomic mass is 32.1. The minimum absolute atomic E-state index is 0.0844. The zero-order chi connectivity index (χ0) is 26.1. The van der Waals surface area contributed by atoms with Crippen molar-refractivity contribution in [2.24, 2.45) is 0 Å². The zero-order valence-corrected chi connectivity index (χ0v) is 20.7. The molecule has 0 spiro atoms. The summed E-state index contributed by atoms with van der Waals surface area (Å²) in [6.45, 7) is -0.821. The van der Waals surface area contributed by atoms with Gasteiger partial charge in [0, 0.05) is 33.3 Å². The third-order valence-corrected chi connectivity index (χ3v) is 7.56. The van der Waals surface area contributed by atoms with Crippen LogP contribution in [0, 0.1) is 6.92 Å². The average Bonchev–Trinajstić information content (AvgIpc) is 3.45. The molecule has 0 fully saturated rings. The second-order valence-corrected chi connectivity index (χ2v) is 9.66. The van der Waals surface area contributed by atoms with Crippen molar-refractivity contribution in [3.05, 3.63) is 82.5 Å². The number of aliphatic carboxylic acids is 1. The normalized spacial score (nSPS) is 11.5. The second-order valence-electron chi connectivity index (χ2n) is 8.66. The molecule has 2 heterocycles. The summed E-state index contributed by atoms with van der Waals surface area (Å²) in [6.07, 6.45) is 0. The van der Waals surface area contributed by atoms with Crippen LogP contribution in [0.4, 0.5) is 13.2 Å². The van der Waals surface area contributed by atoms with Crippen LogP contribution in [0.2, 0.25) is 0 Å². The summed E-state index contributed by atoms with van der Waals surface area (Å²) >= 11 is 1.19. The fraction of sp³-hybridized carbons (Fsp3) is 0.214. The summed E-state index contributed by atoms with van der Waals surface area (Å²) in [6, 6.07) is 16.4. The highest BCUT2D eigenvalue weighted by Crippen LogP contribution is 2.42.